The van der Waals surface area contributed by atoms with Crippen molar-refractivity contribution in [2.45, 2.75) is 51.0 Å². The fourth-order valence-corrected chi connectivity index (χ4v) is 4.18. The summed E-state index contributed by atoms with van der Waals surface area (Å²) in [7, 11) is 0. The van der Waals surface area contributed by atoms with Crippen molar-refractivity contribution in [3.05, 3.63) is 11.7 Å². The van der Waals surface area contributed by atoms with Crippen LogP contribution in [0.2, 0.25) is 0 Å². The molecule has 0 radical (unpaired) electrons. The summed E-state index contributed by atoms with van der Waals surface area (Å²) < 4.78 is 5.42. The number of carboxylic acid groups (broad SMARTS) is 1. The molecule has 2 heterocycles. The number of likely N-dealkylation sites (tertiary alicyclic amines) is 1. The van der Waals surface area contributed by atoms with Crippen LogP contribution in [0.1, 0.15) is 56.2 Å². The van der Waals surface area contributed by atoms with E-state index in [1.165, 1.54) is 25.7 Å². The van der Waals surface area contributed by atoms with Crippen molar-refractivity contribution in [2.24, 2.45) is 17.8 Å². The van der Waals surface area contributed by atoms with Crippen LogP contribution in [0.25, 0.3) is 0 Å². The van der Waals surface area contributed by atoms with Gasteiger partial charge in [0.05, 0.1) is 12.5 Å². The van der Waals surface area contributed by atoms with Crippen LogP contribution >= 0.6 is 0 Å². The van der Waals surface area contributed by atoms with Gasteiger partial charge in [-0.25, -0.2) is 0 Å². The van der Waals surface area contributed by atoms with Crippen molar-refractivity contribution in [1.29, 1.82) is 0 Å². The zero-order valence-electron chi connectivity index (χ0n) is 12.8. The van der Waals surface area contributed by atoms with Crippen LogP contribution in [0.3, 0.4) is 0 Å². The molecule has 1 saturated heterocycles. The van der Waals surface area contributed by atoms with E-state index >= 15 is 0 Å². The molecule has 2 saturated carbocycles. The molecule has 6 heteroatoms. The maximum absolute atomic E-state index is 11.4. The predicted octanol–water partition coefficient (Wildman–Crippen LogP) is 2.27. The molecule has 6 nitrogen and oxygen atoms in total. The lowest BCUT2D eigenvalue weighted by molar-refractivity contribution is -0.142. The van der Waals surface area contributed by atoms with E-state index in [1.807, 2.05) is 0 Å². The summed E-state index contributed by atoms with van der Waals surface area (Å²) in [6.45, 7) is 2.09. The Hall–Kier alpha value is -1.43. The lowest BCUT2D eigenvalue weighted by Crippen LogP contribution is -2.24. The van der Waals surface area contributed by atoms with E-state index in [0.29, 0.717) is 36.7 Å². The molecule has 2 aliphatic carbocycles. The molecule has 3 aliphatic rings. The lowest BCUT2D eigenvalue weighted by atomic mass is 9.92. The SMILES string of the molecule is O=C(O)[C@@H]1CN(Cc2noc(C3CCCC3)n2)C[C@H]1C1CC1. The normalized spacial score (nSPS) is 30.2. The molecule has 4 rings (SSSR count). The second-order valence-corrected chi connectivity index (χ2v) is 7.17. The Morgan fingerprint density at radius 1 is 1.23 bits per heavy atom. The molecule has 1 aromatic heterocycles. The minimum Gasteiger partial charge on any atom is -0.481 e. The van der Waals surface area contributed by atoms with Gasteiger partial charge in [-0.05, 0) is 37.5 Å². The van der Waals surface area contributed by atoms with Gasteiger partial charge in [-0.15, -0.1) is 0 Å². The fraction of sp³-hybridized carbons (Fsp3) is 0.812. The number of aliphatic carboxylic acids is 1. The molecule has 1 N–H and O–H groups in total. The van der Waals surface area contributed by atoms with Crippen molar-refractivity contribution in [3.63, 3.8) is 0 Å². The van der Waals surface area contributed by atoms with E-state index in [4.69, 9.17) is 4.52 Å². The van der Waals surface area contributed by atoms with Crippen molar-refractivity contribution in [2.75, 3.05) is 13.1 Å². The van der Waals surface area contributed by atoms with Crippen LogP contribution in [0.15, 0.2) is 4.52 Å². The van der Waals surface area contributed by atoms with Gasteiger partial charge in [-0.1, -0.05) is 18.0 Å². The number of carbonyl (C=O) groups is 1. The van der Waals surface area contributed by atoms with Crippen molar-refractivity contribution in [3.8, 4) is 0 Å². The average Bonchev–Trinajstić information content (AvgIpc) is 2.96. The Morgan fingerprint density at radius 3 is 2.68 bits per heavy atom. The van der Waals surface area contributed by atoms with Gasteiger partial charge in [0.2, 0.25) is 5.89 Å². The average molecular weight is 305 g/mol. The van der Waals surface area contributed by atoms with Gasteiger partial charge in [-0.3, -0.25) is 9.69 Å². The second-order valence-electron chi connectivity index (χ2n) is 7.17. The van der Waals surface area contributed by atoms with E-state index in [1.54, 1.807) is 0 Å². The monoisotopic (exact) mass is 305 g/mol. The molecule has 0 aromatic carbocycles. The standard InChI is InChI=1S/C16H23N3O3/c20-16(21)13-8-19(7-12(13)10-5-6-10)9-14-17-15(22-18-14)11-3-1-2-4-11/h10-13H,1-9H2,(H,20,21)/t12-,13+/m0/s1. The first-order valence-corrected chi connectivity index (χ1v) is 8.48. The minimum absolute atomic E-state index is 0.228. The molecule has 0 amide bonds. The van der Waals surface area contributed by atoms with Crippen molar-refractivity contribution < 1.29 is 14.4 Å². The summed E-state index contributed by atoms with van der Waals surface area (Å²) in [5, 5.41) is 13.5. The highest BCUT2D eigenvalue weighted by Crippen LogP contribution is 2.44. The number of hydrogen-bond acceptors (Lipinski definition) is 5. The molecule has 22 heavy (non-hydrogen) atoms. The first-order valence-electron chi connectivity index (χ1n) is 8.48. The molecule has 0 unspecified atom stereocenters. The van der Waals surface area contributed by atoms with Gasteiger partial charge in [0.1, 0.15) is 0 Å². The topological polar surface area (TPSA) is 79.5 Å². The third-order valence-electron chi connectivity index (χ3n) is 5.54. The molecular weight excluding hydrogens is 282 g/mol. The fourth-order valence-electron chi connectivity index (χ4n) is 4.18. The predicted molar refractivity (Wildman–Crippen MR) is 78.1 cm³/mol. The van der Waals surface area contributed by atoms with Crippen LogP contribution in [0, 0.1) is 17.8 Å². The summed E-state index contributed by atoms with van der Waals surface area (Å²) in [6.07, 6.45) is 7.18. The molecular formula is C16H23N3O3. The number of rotatable bonds is 5. The van der Waals surface area contributed by atoms with E-state index in [0.717, 1.165) is 25.3 Å². The van der Waals surface area contributed by atoms with Crippen LogP contribution in [-0.4, -0.2) is 39.2 Å². The van der Waals surface area contributed by atoms with E-state index in [9.17, 15) is 9.90 Å². The highest BCUT2D eigenvalue weighted by atomic mass is 16.5. The summed E-state index contributed by atoms with van der Waals surface area (Å²) in [4.78, 5) is 18.2. The van der Waals surface area contributed by atoms with Crippen LogP contribution < -0.4 is 0 Å². The first-order chi connectivity index (χ1) is 10.7. The Labute approximate surface area is 129 Å². The number of carboxylic acids is 1. The molecule has 0 bridgehead atoms. The molecule has 2 atom stereocenters. The van der Waals surface area contributed by atoms with E-state index < -0.39 is 5.97 Å². The second kappa shape index (κ2) is 5.65. The highest BCUT2D eigenvalue weighted by Gasteiger charge is 2.45. The molecule has 0 spiro atoms. The summed E-state index contributed by atoms with van der Waals surface area (Å²) in [5.74, 6) is 1.96. The quantitative estimate of drug-likeness (QED) is 0.899. The first kappa shape index (κ1) is 14.2. The zero-order chi connectivity index (χ0) is 15.1. The smallest absolute Gasteiger partial charge is 0.308 e. The summed E-state index contributed by atoms with van der Waals surface area (Å²) in [5.41, 5.74) is 0. The number of aromatic nitrogens is 2. The highest BCUT2D eigenvalue weighted by molar-refractivity contribution is 5.71. The number of hydrogen-bond donors (Lipinski definition) is 1. The zero-order valence-corrected chi connectivity index (χ0v) is 12.8. The van der Waals surface area contributed by atoms with Crippen LogP contribution in [-0.2, 0) is 11.3 Å². The largest absolute Gasteiger partial charge is 0.481 e. The van der Waals surface area contributed by atoms with Gasteiger partial charge in [0.15, 0.2) is 5.82 Å². The van der Waals surface area contributed by atoms with Crippen LogP contribution in [0.4, 0.5) is 0 Å². The van der Waals surface area contributed by atoms with Crippen molar-refractivity contribution >= 4 is 5.97 Å². The Morgan fingerprint density at radius 2 is 2.00 bits per heavy atom. The van der Waals surface area contributed by atoms with Crippen LogP contribution in [0.5, 0.6) is 0 Å². The van der Waals surface area contributed by atoms with Crippen molar-refractivity contribution in [1.82, 2.24) is 15.0 Å². The van der Waals surface area contributed by atoms with E-state index in [-0.39, 0.29) is 5.92 Å². The molecule has 3 fully saturated rings. The maximum atomic E-state index is 11.4. The Bertz CT molecular complexity index is 549. The van der Waals surface area contributed by atoms with Gasteiger partial charge in [0, 0.05) is 19.0 Å². The minimum atomic E-state index is -0.654. The molecule has 120 valence electrons. The van der Waals surface area contributed by atoms with E-state index in [2.05, 4.69) is 15.0 Å². The third-order valence-corrected chi connectivity index (χ3v) is 5.54. The molecule has 1 aromatic rings. The lowest BCUT2D eigenvalue weighted by Gasteiger charge is -2.13. The summed E-state index contributed by atoms with van der Waals surface area (Å²) in [6, 6.07) is 0. The Balaban J connectivity index is 1.40. The summed E-state index contributed by atoms with van der Waals surface area (Å²) >= 11 is 0. The molecule has 1 aliphatic heterocycles. The van der Waals surface area contributed by atoms with Gasteiger partial charge in [-0.2, -0.15) is 4.98 Å². The number of nitrogens with zero attached hydrogens (tertiary/aromatic N) is 3. The maximum Gasteiger partial charge on any atom is 0.308 e. The Kier molecular flexibility index (Phi) is 3.64. The van der Waals surface area contributed by atoms with Gasteiger partial charge >= 0.3 is 5.97 Å². The third kappa shape index (κ3) is 2.76. The van der Waals surface area contributed by atoms with Gasteiger partial charge < -0.3 is 9.63 Å². The van der Waals surface area contributed by atoms with Gasteiger partial charge in [0.25, 0.3) is 0 Å².